The summed E-state index contributed by atoms with van der Waals surface area (Å²) in [6.45, 7) is 4.02. The molecule has 1 aromatic heterocycles. The van der Waals surface area contributed by atoms with Crippen molar-refractivity contribution in [2.24, 2.45) is 5.92 Å². The lowest BCUT2D eigenvalue weighted by molar-refractivity contribution is -0.145. The Morgan fingerprint density at radius 2 is 1.77 bits per heavy atom. The Morgan fingerprint density at radius 3 is 2.51 bits per heavy atom. The first-order chi connectivity index (χ1) is 17.0. The Bertz CT molecular complexity index is 1040. The van der Waals surface area contributed by atoms with E-state index in [-0.39, 0.29) is 37.2 Å². The number of fused-ring (bicyclic) bond motifs is 1. The van der Waals surface area contributed by atoms with Gasteiger partial charge in [0.05, 0.1) is 19.2 Å². The topological polar surface area (TPSA) is 81.5 Å². The van der Waals surface area contributed by atoms with Gasteiger partial charge in [0, 0.05) is 25.6 Å². The molecule has 3 heterocycles. The SMILES string of the molecule is Cc1ccc(CN(Cc2ccc3c(c2)OCO3)C(=O)CN(CC2CCCO2)C(=O)C2CCCC2)o1. The molecule has 1 saturated carbocycles. The Kier molecular flexibility index (Phi) is 7.27. The molecule has 8 nitrogen and oxygen atoms in total. The second-order valence-corrected chi connectivity index (χ2v) is 9.78. The molecule has 0 bridgehead atoms. The maximum absolute atomic E-state index is 13.7. The average molecular weight is 483 g/mol. The Morgan fingerprint density at radius 1 is 0.943 bits per heavy atom. The largest absolute Gasteiger partial charge is 0.464 e. The quantitative estimate of drug-likeness (QED) is 0.537. The summed E-state index contributed by atoms with van der Waals surface area (Å²) in [4.78, 5) is 30.6. The van der Waals surface area contributed by atoms with Crippen molar-refractivity contribution < 1.29 is 28.2 Å². The summed E-state index contributed by atoms with van der Waals surface area (Å²) >= 11 is 0. The van der Waals surface area contributed by atoms with Gasteiger partial charge in [-0.25, -0.2) is 0 Å². The van der Waals surface area contributed by atoms with Crippen molar-refractivity contribution in [1.29, 1.82) is 0 Å². The van der Waals surface area contributed by atoms with E-state index in [9.17, 15) is 9.59 Å². The van der Waals surface area contributed by atoms with Crippen LogP contribution in [0.4, 0.5) is 0 Å². The summed E-state index contributed by atoms with van der Waals surface area (Å²) in [5.74, 6) is 2.89. The number of hydrogen-bond acceptors (Lipinski definition) is 6. The zero-order chi connectivity index (χ0) is 24.2. The predicted molar refractivity (Wildman–Crippen MR) is 128 cm³/mol. The van der Waals surface area contributed by atoms with Crippen molar-refractivity contribution in [3.63, 3.8) is 0 Å². The predicted octanol–water partition coefficient (Wildman–Crippen LogP) is 4.04. The van der Waals surface area contributed by atoms with Gasteiger partial charge in [0.15, 0.2) is 11.5 Å². The Balaban J connectivity index is 1.34. The van der Waals surface area contributed by atoms with Crippen molar-refractivity contribution >= 4 is 11.8 Å². The van der Waals surface area contributed by atoms with Crippen LogP contribution in [0.25, 0.3) is 0 Å². The van der Waals surface area contributed by atoms with Crippen molar-refractivity contribution in [3.05, 3.63) is 47.4 Å². The highest BCUT2D eigenvalue weighted by molar-refractivity contribution is 5.86. The standard InChI is InChI=1S/C27H34N2O6/c1-19-8-10-23(35-19)16-28(14-20-9-11-24-25(13-20)34-18-33-24)26(30)17-29(15-22-7-4-12-32-22)27(31)21-5-2-3-6-21/h8-11,13,21-22H,2-7,12,14-18H2,1H3. The molecule has 1 saturated heterocycles. The number of carbonyl (C=O) groups is 2. The van der Waals surface area contributed by atoms with Crippen LogP contribution in [0.1, 0.15) is 55.6 Å². The number of benzene rings is 1. The molecule has 35 heavy (non-hydrogen) atoms. The zero-order valence-corrected chi connectivity index (χ0v) is 20.4. The number of hydrogen-bond donors (Lipinski definition) is 0. The van der Waals surface area contributed by atoms with Crippen LogP contribution in [0.3, 0.4) is 0 Å². The lowest BCUT2D eigenvalue weighted by Crippen LogP contribution is -2.47. The minimum Gasteiger partial charge on any atom is -0.464 e. The maximum Gasteiger partial charge on any atom is 0.242 e. The van der Waals surface area contributed by atoms with Crippen LogP contribution in [0, 0.1) is 12.8 Å². The van der Waals surface area contributed by atoms with Crippen LogP contribution in [0.15, 0.2) is 34.7 Å². The highest BCUT2D eigenvalue weighted by atomic mass is 16.7. The monoisotopic (exact) mass is 482 g/mol. The molecular formula is C27H34N2O6. The smallest absolute Gasteiger partial charge is 0.242 e. The van der Waals surface area contributed by atoms with Crippen LogP contribution < -0.4 is 9.47 Å². The molecule has 3 aliphatic rings. The second kappa shape index (κ2) is 10.7. The van der Waals surface area contributed by atoms with Crippen LogP contribution in [0.5, 0.6) is 11.5 Å². The highest BCUT2D eigenvalue weighted by Crippen LogP contribution is 2.33. The van der Waals surface area contributed by atoms with Crippen molar-refractivity contribution in [3.8, 4) is 11.5 Å². The molecule has 2 fully saturated rings. The second-order valence-electron chi connectivity index (χ2n) is 9.78. The zero-order valence-electron chi connectivity index (χ0n) is 20.4. The molecule has 2 aromatic rings. The van der Waals surface area contributed by atoms with Gasteiger partial charge in [-0.15, -0.1) is 0 Å². The molecule has 0 spiro atoms. The average Bonchev–Trinajstić information content (AvgIpc) is 3.66. The molecule has 1 unspecified atom stereocenters. The lowest BCUT2D eigenvalue weighted by Gasteiger charge is -2.30. The van der Waals surface area contributed by atoms with Gasteiger partial charge in [-0.3, -0.25) is 9.59 Å². The number of aryl methyl sites for hydroxylation is 1. The Labute approximate surface area is 206 Å². The van der Waals surface area contributed by atoms with Crippen molar-refractivity contribution in [1.82, 2.24) is 9.80 Å². The summed E-state index contributed by atoms with van der Waals surface area (Å²) in [5.41, 5.74) is 0.929. The summed E-state index contributed by atoms with van der Waals surface area (Å²) < 4.78 is 22.5. The van der Waals surface area contributed by atoms with Gasteiger partial charge in [0.2, 0.25) is 18.6 Å². The fourth-order valence-electron chi connectivity index (χ4n) is 5.21. The normalized spacial score (nSPS) is 19.3. The van der Waals surface area contributed by atoms with E-state index in [0.29, 0.717) is 36.9 Å². The van der Waals surface area contributed by atoms with Gasteiger partial charge in [0.25, 0.3) is 0 Å². The Hall–Kier alpha value is -3.00. The molecule has 1 aromatic carbocycles. The third-order valence-corrected chi connectivity index (χ3v) is 7.10. The van der Waals surface area contributed by atoms with Gasteiger partial charge in [-0.2, -0.15) is 0 Å². The number of carbonyl (C=O) groups excluding carboxylic acids is 2. The minimum absolute atomic E-state index is 0.00295. The number of rotatable bonds is 9. The summed E-state index contributed by atoms with van der Waals surface area (Å²) in [6.07, 6.45) is 5.89. The van der Waals surface area contributed by atoms with E-state index in [2.05, 4.69) is 0 Å². The first-order valence-corrected chi connectivity index (χ1v) is 12.7. The third kappa shape index (κ3) is 5.81. The molecular weight excluding hydrogens is 448 g/mol. The molecule has 1 atom stereocenters. The van der Waals surface area contributed by atoms with Gasteiger partial charge in [-0.05, 0) is 62.4 Å². The summed E-state index contributed by atoms with van der Waals surface area (Å²) in [7, 11) is 0. The van der Waals surface area contributed by atoms with E-state index >= 15 is 0 Å². The van der Waals surface area contributed by atoms with E-state index in [0.717, 1.165) is 56.5 Å². The van der Waals surface area contributed by atoms with E-state index in [1.807, 2.05) is 37.3 Å². The highest BCUT2D eigenvalue weighted by Gasteiger charge is 2.32. The minimum atomic E-state index is -0.110. The molecule has 8 heteroatoms. The molecule has 1 aliphatic carbocycles. The molecule has 188 valence electrons. The summed E-state index contributed by atoms with van der Waals surface area (Å²) in [5, 5.41) is 0. The van der Waals surface area contributed by atoms with Gasteiger partial charge in [0.1, 0.15) is 11.5 Å². The van der Waals surface area contributed by atoms with Crippen LogP contribution in [-0.4, -0.2) is 54.2 Å². The van der Waals surface area contributed by atoms with Crippen LogP contribution >= 0.6 is 0 Å². The molecule has 5 rings (SSSR count). The number of furan rings is 1. The van der Waals surface area contributed by atoms with Gasteiger partial charge in [-0.1, -0.05) is 18.9 Å². The first-order valence-electron chi connectivity index (χ1n) is 12.7. The van der Waals surface area contributed by atoms with E-state index in [1.165, 1.54) is 0 Å². The fraction of sp³-hybridized carbons (Fsp3) is 0.556. The molecule has 0 radical (unpaired) electrons. The van der Waals surface area contributed by atoms with Crippen molar-refractivity contribution in [2.75, 3.05) is 26.5 Å². The van der Waals surface area contributed by atoms with E-state index in [4.69, 9.17) is 18.6 Å². The summed E-state index contributed by atoms with van der Waals surface area (Å²) in [6, 6.07) is 9.50. The van der Waals surface area contributed by atoms with Gasteiger partial charge < -0.3 is 28.4 Å². The van der Waals surface area contributed by atoms with E-state index in [1.54, 1.807) is 9.80 Å². The maximum atomic E-state index is 13.7. The fourth-order valence-corrected chi connectivity index (χ4v) is 5.21. The number of ether oxygens (including phenoxy) is 3. The number of amides is 2. The molecule has 2 aliphatic heterocycles. The molecule has 0 N–H and O–H groups in total. The number of nitrogens with zero attached hydrogens (tertiary/aromatic N) is 2. The van der Waals surface area contributed by atoms with Crippen LogP contribution in [0.2, 0.25) is 0 Å². The third-order valence-electron chi connectivity index (χ3n) is 7.10. The van der Waals surface area contributed by atoms with Gasteiger partial charge >= 0.3 is 0 Å². The molecule has 2 amide bonds. The van der Waals surface area contributed by atoms with Crippen LogP contribution in [-0.2, 0) is 27.4 Å². The first kappa shape index (κ1) is 23.7. The van der Waals surface area contributed by atoms with E-state index < -0.39 is 0 Å². The lowest BCUT2D eigenvalue weighted by atomic mass is 10.1. The van der Waals surface area contributed by atoms with Crippen molar-refractivity contribution in [2.45, 2.75) is 64.6 Å².